The van der Waals surface area contributed by atoms with Gasteiger partial charge in [-0.15, -0.1) is 0 Å². The second-order valence-corrected chi connectivity index (χ2v) is 5.92. The summed E-state index contributed by atoms with van der Waals surface area (Å²) in [5, 5.41) is 4.58. The SMILES string of the molecule is CC1(C)CCCC1CNc1ncnc2[nH]ccc12. The van der Waals surface area contributed by atoms with Crippen molar-refractivity contribution < 1.29 is 0 Å². The number of aromatic nitrogens is 3. The highest BCUT2D eigenvalue weighted by molar-refractivity contribution is 5.86. The molecule has 0 aromatic carbocycles. The predicted molar refractivity (Wildman–Crippen MR) is 73.5 cm³/mol. The molecule has 0 spiro atoms. The Balaban J connectivity index is 1.75. The van der Waals surface area contributed by atoms with E-state index in [0.717, 1.165) is 29.3 Å². The van der Waals surface area contributed by atoms with Crippen LogP contribution in [0, 0.1) is 11.3 Å². The minimum atomic E-state index is 0.456. The molecule has 2 aromatic rings. The minimum Gasteiger partial charge on any atom is -0.369 e. The third kappa shape index (κ3) is 1.96. The first-order chi connectivity index (χ1) is 8.67. The summed E-state index contributed by atoms with van der Waals surface area (Å²) in [7, 11) is 0. The molecule has 1 aliphatic carbocycles. The average molecular weight is 244 g/mol. The lowest BCUT2D eigenvalue weighted by Gasteiger charge is -2.27. The summed E-state index contributed by atoms with van der Waals surface area (Å²) < 4.78 is 0. The molecule has 0 amide bonds. The maximum atomic E-state index is 4.35. The third-order valence-electron chi connectivity index (χ3n) is 4.35. The molecule has 0 aliphatic heterocycles. The van der Waals surface area contributed by atoms with E-state index < -0.39 is 0 Å². The van der Waals surface area contributed by atoms with Crippen molar-refractivity contribution in [3.8, 4) is 0 Å². The molecule has 4 nitrogen and oxygen atoms in total. The quantitative estimate of drug-likeness (QED) is 0.871. The molecule has 1 fully saturated rings. The van der Waals surface area contributed by atoms with E-state index in [-0.39, 0.29) is 0 Å². The second-order valence-electron chi connectivity index (χ2n) is 5.92. The highest BCUT2D eigenvalue weighted by Gasteiger charge is 2.34. The van der Waals surface area contributed by atoms with Gasteiger partial charge in [-0.05, 0) is 30.2 Å². The van der Waals surface area contributed by atoms with Crippen LogP contribution in [0.2, 0.25) is 0 Å². The van der Waals surface area contributed by atoms with E-state index in [1.54, 1.807) is 6.33 Å². The Morgan fingerprint density at radius 3 is 3.11 bits per heavy atom. The van der Waals surface area contributed by atoms with Gasteiger partial charge in [0.2, 0.25) is 0 Å². The number of anilines is 1. The number of nitrogens with one attached hydrogen (secondary N) is 2. The molecule has 4 heteroatoms. The van der Waals surface area contributed by atoms with E-state index in [0.29, 0.717) is 5.41 Å². The number of fused-ring (bicyclic) bond motifs is 1. The Hall–Kier alpha value is -1.58. The lowest BCUT2D eigenvalue weighted by atomic mass is 9.82. The fraction of sp³-hybridized carbons (Fsp3) is 0.571. The van der Waals surface area contributed by atoms with Gasteiger partial charge in [0.1, 0.15) is 17.8 Å². The van der Waals surface area contributed by atoms with Gasteiger partial charge >= 0.3 is 0 Å². The van der Waals surface area contributed by atoms with Gasteiger partial charge in [0.15, 0.2) is 0 Å². The molecule has 0 radical (unpaired) electrons. The van der Waals surface area contributed by atoms with Crippen molar-refractivity contribution in [2.75, 3.05) is 11.9 Å². The van der Waals surface area contributed by atoms with Crippen LogP contribution in [0.4, 0.5) is 5.82 Å². The van der Waals surface area contributed by atoms with Crippen LogP contribution in [-0.2, 0) is 0 Å². The maximum absolute atomic E-state index is 4.35. The average Bonchev–Trinajstić information content (AvgIpc) is 2.92. The summed E-state index contributed by atoms with van der Waals surface area (Å²) in [4.78, 5) is 11.7. The van der Waals surface area contributed by atoms with Gasteiger partial charge in [0.05, 0.1) is 5.39 Å². The van der Waals surface area contributed by atoms with Gasteiger partial charge in [-0.1, -0.05) is 20.3 Å². The summed E-state index contributed by atoms with van der Waals surface area (Å²) >= 11 is 0. The van der Waals surface area contributed by atoms with Gasteiger partial charge in [0, 0.05) is 12.7 Å². The van der Waals surface area contributed by atoms with Crippen LogP contribution in [0.25, 0.3) is 11.0 Å². The van der Waals surface area contributed by atoms with Crippen LogP contribution >= 0.6 is 0 Å². The molecule has 2 N–H and O–H groups in total. The zero-order valence-corrected chi connectivity index (χ0v) is 11.0. The number of hydrogen-bond acceptors (Lipinski definition) is 3. The van der Waals surface area contributed by atoms with Crippen molar-refractivity contribution in [1.29, 1.82) is 0 Å². The fourth-order valence-electron chi connectivity index (χ4n) is 3.01. The molecule has 2 aromatic heterocycles. The molecule has 3 rings (SSSR count). The van der Waals surface area contributed by atoms with E-state index in [4.69, 9.17) is 0 Å². The zero-order chi connectivity index (χ0) is 12.6. The first kappa shape index (κ1) is 11.5. The van der Waals surface area contributed by atoms with Gasteiger partial charge in [-0.3, -0.25) is 0 Å². The van der Waals surface area contributed by atoms with Gasteiger partial charge in [-0.25, -0.2) is 9.97 Å². The lowest BCUT2D eigenvalue weighted by molar-refractivity contribution is 0.272. The predicted octanol–water partition coefficient (Wildman–Crippen LogP) is 3.20. The van der Waals surface area contributed by atoms with Crippen molar-refractivity contribution in [2.45, 2.75) is 33.1 Å². The second kappa shape index (κ2) is 4.26. The van der Waals surface area contributed by atoms with E-state index >= 15 is 0 Å². The zero-order valence-electron chi connectivity index (χ0n) is 11.0. The topological polar surface area (TPSA) is 53.6 Å². The Bertz CT molecular complexity index is 543. The number of H-pyrrole nitrogens is 1. The molecule has 18 heavy (non-hydrogen) atoms. The van der Waals surface area contributed by atoms with Crippen LogP contribution in [0.5, 0.6) is 0 Å². The van der Waals surface area contributed by atoms with Crippen LogP contribution < -0.4 is 5.32 Å². The molecule has 2 heterocycles. The van der Waals surface area contributed by atoms with E-state index in [1.807, 2.05) is 12.3 Å². The Morgan fingerprint density at radius 1 is 1.44 bits per heavy atom. The third-order valence-corrected chi connectivity index (χ3v) is 4.35. The number of nitrogens with zero attached hydrogens (tertiary/aromatic N) is 2. The largest absolute Gasteiger partial charge is 0.369 e. The molecule has 1 unspecified atom stereocenters. The molecule has 1 atom stereocenters. The normalized spacial score (nSPS) is 22.4. The molecule has 1 aliphatic rings. The standard InChI is InChI=1S/C14H20N4/c1-14(2)6-3-4-10(14)8-16-13-11-5-7-15-12(11)17-9-18-13/h5,7,9-10H,3-4,6,8H2,1-2H3,(H2,15,16,17,18). The van der Waals surface area contributed by atoms with Gasteiger partial charge in [-0.2, -0.15) is 0 Å². The minimum absolute atomic E-state index is 0.456. The van der Waals surface area contributed by atoms with Crippen molar-refractivity contribution in [3.05, 3.63) is 18.6 Å². The van der Waals surface area contributed by atoms with Gasteiger partial charge in [0.25, 0.3) is 0 Å². The van der Waals surface area contributed by atoms with Crippen molar-refractivity contribution in [1.82, 2.24) is 15.0 Å². The highest BCUT2D eigenvalue weighted by Crippen LogP contribution is 2.42. The van der Waals surface area contributed by atoms with Crippen molar-refractivity contribution in [2.24, 2.45) is 11.3 Å². The first-order valence-corrected chi connectivity index (χ1v) is 6.69. The first-order valence-electron chi connectivity index (χ1n) is 6.69. The summed E-state index contributed by atoms with van der Waals surface area (Å²) in [6, 6.07) is 2.03. The van der Waals surface area contributed by atoms with E-state index in [2.05, 4.69) is 34.1 Å². The Labute approximate surface area is 107 Å². The Kier molecular flexibility index (Phi) is 2.73. The van der Waals surface area contributed by atoms with Crippen molar-refractivity contribution >= 4 is 16.9 Å². The lowest BCUT2D eigenvalue weighted by Crippen LogP contribution is -2.25. The van der Waals surface area contributed by atoms with Crippen LogP contribution in [0.15, 0.2) is 18.6 Å². The molecule has 0 bridgehead atoms. The summed E-state index contributed by atoms with van der Waals surface area (Å²) in [5.74, 6) is 1.69. The van der Waals surface area contributed by atoms with Gasteiger partial charge < -0.3 is 10.3 Å². The monoisotopic (exact) mass is 244 g/mol. The number of aromatic amines is 1. The van der Waals surface area contributed by atoms with E-state index in [9.17, 15) is 0 Å². The molecule has 1 saturated carbocycles. The van der Waals surface area contributed by atoms with Crippen molar-refractivity contribution in [3.63, 3.8) is 0 Å². The summed E-state index contributed by atoms with van der Waals surface area (Å²) in [6.45, 7) is 5.75. The highest BCUT2D eigenvalue weighted by atomic mass is 15.0. The number of hydrogen-bond donors (Lipinski definition) is 2. The Morgan fingerprint density at radius 2 is 2.33 bits per heavy atom. The molecule has 0 saturated heterocycles. The fourth-order valence-corrected chi connectivity index (χ4v) is 3.01. The smallest absolute Gasteiger partial charge is 0.142 e. The van der Waals surface area contributed by atoms with Crippen LogP contribution in [-0.4, -0.2) is 21.5 Å². The number of rotatable bonds is 3. The van der Waals surface area contributed by atoms with Crippen LogP contribution in [0.3, 0.4) is 0 Å². The van der Waals surface area contributed by atoms with Crippen LogP contribution in [0.1, 0.15) is 33.1 Å². The summed E-state index contributed by atoms with van der Waals surface area (Å²) in [6.07, 6.45) is 7.53. The molecular formula is C14H20N4. The van der Waals surface area contributed by atoms with E-state index in [1.165, 1.54) is 19.3 Å². The summed E-state index contributed by atoms with van der Waals surface area (Å²) in [5.41, 5.74) is 1.36. The maximum Gasteiger partial charge on any atom is 0.142 e. The molecule has 96 valence electrons. The molecular weight excluding hydrogens is 224 g/mol.